The molecular formula is C20H24N2O4. The molecule has 2 rings (SSSR count). The Bertz CT molecular complexity index is 770. The topological polar surface area (TPSA) is 69.2 Å². The molecular weight excluding hydrogens is 332 g/mol. The normalized spacial score (nSPS) is 11.0. The van der Waals surface area contributed by atoms with E-state index in [2.05, 4.69) is 10.5 Å². The summed E-state index contributed by atoms with van der Waals surface area (Å²) in [5.74, 6) is 1.06. The minimum Gasteiger partial charge on any atom is -0.493 e. The summed E-state index contributed by atoms with van der Waals surface area (Å²) in [5, 5.41) is 6.74. The maximum absolute atomic E-state index is 12.5. The molecule has 0 fully saturated rings. The fourth-order valence-corrected chi connectivity index (χ4v) is 2.47. The summed E-state index contributed by atoms with van der Waals surface area (Å²) in [7, 11) is 4.61. The first-order chi connectivity index (χ1) is 12.6. The summed E-state index contributed by atoms with van der Waals surface area (Å²) in [5.41, 5.74) is 3.10. The van der Waals surface area contributed by atoms with E-state index >= 15 is 0 Å². The van der Waals surface area contributed by atoms with Crippen LogP contribution in [0.4, 0.5) is 0 Å². The SMILES string of the molecule is CON=C(C(=O)NCCc1ccc(OC)c(OC)c1)c1ccc(C)cc1. The van der Waals surface area contributed by atoms with Crippen molar-refractivity contribution in [2.24, 2.45) is 5.16 Å². The maximum atomic E-state index is 12.5. The largest absolute Gasteiger partial charge is 0.493 e. The van der Waals surface area contributed by atoms with Gasteiger partial charge in [0.15, 0.2) is 17.2 Å². The van der Waals surface area contributed by atoms with Crippen LogP contribution in [0.5, 0.6) is 11.5 Å². The molecule has 0 bridgehead atoms. The first-order valence-corrected chi connectivity index (χ1v) is 8.26. The average Bonchev–Trinajstić information content (AvgIpc) is 2.66. The molecule has 0 atom stereocenters. The van der Waals surface area contributed by atoms with Crippen LogP contribution in [0.2, 0.25) is 0 Å². The summed E-state index contributed by atoms with van der Waals surface area (Å²) in [6.45, 7) is 2.45. The number of amides is 1. The molecule has 0 aliphatic rings. The Kier molecular flexibility index (Phi) is 7.02. The predicted molar refractivity (Wildman–Crippen MR) is 101 cm³/mol. The lowest BCUT2D eigenvalue weighted by molar-refractivity contribution is -0.114. The van der Waals surface area contributed by atoms with E-state index in [9.17, 15) is 4.79 Å². The molecule has 2 aromatic rings. The second kappa shape index (κ2) is 9.46. The molecule has 1 amide bonds. The van der Waals surface area contributed by atoms with E-state index in [0.717, 1.165) is 11.1 Å². The van der Waals surface area contributed by atoms with Crippen LogP contribution in [0.25, 0.3) is 0 Å². The fraction of sp³-hybridized carbons (Fsp3) is 0.300. The number of hydrogen-bond acceptors (Lipinski definition) is 5. The lowest BCUT2D eigenvalue weighted by Crippen LogP contribution is -2.33. The second-order valence-corrected chi connectivity index (χ2v) is 5.68. The zero-order valence-corrected chi connectivity index (χ0v) is 15.5. The lowest BCUT2D eigenvalue weighted by Gasteiger charge is -2.11. The fourth-order valence-electron chi connectivity index (χ4n) is 2.47. The summed E-state index contributed by atoms with van der Waals surface area (Å²) < 4.78 is 10.5. The maximum Gasteiger partial charge on any atom is 0.273 e. The van der Waals surface area contributed by atoms with Crippen LogP contribution in [0.3, 0.4) is 0 Å². The van der Waals surface area contributed by atoms with Gasteiger partial charge in [0.2, 0.25) is 0 Å². The third kappa shape index (κ3) is 4.99. The highest BCUT2D eigenvalue weighted by Gasteiger charge is 2.15. The molecule has 0 saturated carbocycles. The smallest absolute Gasteiger partial charge is 0.273 e. The number of hydrogen-bond donors (Lipinski definition) is 1. The van der Waals surface area contributed by atoms with Gasteiger partial charge in [0, 0.05) is 12.1 Å². The molecule has 0 saturated heterocycles. The van der Waals surface area contributed by atoms with Crippen molar-refractivity contribution < 1.29 is 19.1 Å². The predicted octanol–water partition coefficient (Wildman–Crippen LogP) is 2.72. The molecule has 0 unspecified atom stereocenters. The third-order valence-electron chi connectivity index (χ3n) is 3.87. The monoisotopic (exact) mass is 356 g/mol. The number of carbonyl (C=O) groups excluding carboxylic acids is 1. The van der Waals surface area contributed by atoms with Gasteiger partial charge < -0.3 is 19.6 Å². The van der Waals surface area contributed by atoms with E-state index in [-0.39, 0.29) is 11.6 Å². The number of aryl methyl sites for hydroxylation is 1. The Labute approximate surface area is 153 Å². The number of methoxy groups -OCH3 is 2. The number of ether oxygens (including phenoxy) is 2. The Hall–Kier alpha value is -3.02. The van der Waals surface area contributed by atoms with Crippen LogP contribution in [-0.2, 0) is 16.1 Å². The van der Waals surface area contributed by atoms with Gasteiger partial charge in [0.1, 0.15) is 7.11 Å². The molecule has 6 nitrogen and oxygen atoms in total. The highest BCUT2D eigenvalue weighted by Crippen LogP contribution is 2.27. The molecule has 0 heterocycles. The first-order valence-electron chi connectivity index (χ1n) is 8.26. The van der Waals surface area contributed by atoms with E-state index < -0.39 is 0 Å². The van der Waals surface area contributed by atoms with Crippen molar-refractivity contribution in [3.05, 3.63) is 59.2 Å². The van der Waals surface area contributed by atoms with Gasteiger partial charge in [-0.2, -0.15) is 0 Å². The van der Waals surface area contributed by atoms with E-state index in [1.165, 1.54) is 7.11 Å². The van der Waals surface area contributed by atoms with Crippen LogP contribution >= 0.6 is 0 Å². The van der Waals surface area contributed by atoms with Crippen molar-refractivity contribution >= 4 is 11.6 Å². The molecule has 0 aliphatic carbocycles. The minimum atomic E-state index is -0.281. The standard InChI is InChI=1S/C20H24N2O4/c1-14-5-8-16(9-6-14)19(22-26-4)20(23)21-12-11-15-7-10-17(24-2)18(13-15)25-3/h5-10,13H,11-12H2,1-4H3,(H,21,23). The number of nitrogens with one attached hydrogen (secondary N) is 1. The Morgan fingerprint density at radius 2 is 1.69 bits per heavy atom. The zero-order valence-electron chi connectivity index (χ0n) is 15.5. The molecule has 0 aliphatic heterocycles. The van der Waals surface area contributed by atoms with Crippen LogP contribution in [0.1, 0.15) is 16.7 Å². The Morgan fingerprint density at radius 3 is 2.31 bits per heavy atom. The number of oxime groups is 1. The first kappa shape index (κ1) is 19.3. The van der Waals surface area contributed by atoms with Crippen LogP contribution < -0.4 is 14.8 Å². The quantitative estimate of drug-likeness (QED) is 0.583. The minimum absolute atomic E-state index is 0.250. The number of benzene rings is 2. The van der Waals surface area contributed by atoms with Gasteiger partial charge in [-0.1, -0.05) is 41.1 Å². The van der Waals surface area contributed by atoms with E-state index in [1.54, 1.807) is 14.2 Å². The van der Waals surface area contributed by atoms with Crippen molar-refractivity contribution in [2.75, 3.05) is 27.9 Å². The van der Waals surface area contributed by atoms with Gasteiger partial charge in [-0.15, -0.1) is 0 Å². The van der Waals surface area contributed by atoms with Crippen molar-refractivity contribution in [3.63, 3.8) is 0 Å². The van der Waals surface area contributed by atoms with E-state index in [0.29, 0.717) is 30.0 Å². The molecule has 2 aromatic carbocycles. The highest BCUT2D eigenvalue weighted by molar-refractivity contribution is 6.45. The van der Waals surface area contributed by atoms with Gasteiger partial charge in [0.25, 0.3) is 5.91 Å². The van der Waals surface area contributed by atoms with Crippen molar-refractivity contribution in [1.29, 1.82) is 0 Å². The van der Waals surface area contributed by atoms with E-state index in [4.69, 9.17) is 14.3 Å². The molecule has 6 heteroatoms. The van der Waals surface area contributed by atoms with Crippen molar-refractivity contribution in [3.8, 4) is 11.5 Å². The molecule has 0 aromatic heterocycles. The molecule has 0 spiro atoms. The number of rotatable bonds is 8. The second-order valence-electron chi connectivity index (χ2n) is 5.68. The zero-order chi connectivity index (χ0) is 18.9. The third-order valence-corrected chi connectivity index (χ3v) is 3.87. The number of nitrogens with zero attached hydrogens (tertiary/aromatic N) is 1. The van der Waals surface area contributed by atoms with E-state index in [1.807, 2.05) is 49.4 Å². The average molecular weight is 356 g/mol. The highest BCUT2D eigenvalue weighted by atomic mass is 16.6. The van der Waals surface area contributed by atoms with Gasteiger partial charge in [-0.25, -0.2) is 0 Å². The Morgan fingerprint density at radius 1 is 1.00 bits per heavy atom. The summed E-state index contributed by atoms with van der Waals surface area (Å²) in [6.07, 6.45) is 0.653. The lowest BCUT2D eigenvalue weighted by atomic mass is 10.1. The van der Waals surface area contributed by atoms with Gasteiger partial charge >= 0.3 is 0 Å². The van der Waals surface area contributed by atoms with Crippen LogP contribution in [0, 0.1) is 6.92 Å². The molecule has 138 valence electrons. The summed E-state index contributed by atoms with van der Waals surface area (Å²) >= 11 is 0. The van der Waals surface area contributed by atoms with Gasteiger partial charge in [-0.05, 0) is 31.0 Å². The van der Waals surface area contributed by atoms with Gasteiger partial charge in [0.05, 0.1) is 14.2 Å². The summed E-state index contributed by atoms with van der Waals surface area (Å²) in [6, 6.07) is 13.2. The van der Waals surface area contributed by atoms with Crippen LogP contribution in [-0.4, -0.2) is 39.5 Å². The Balaban J connectivity index is 2.00. The molecule has 0 radical (unpaired) electrons. The van der Waals surface area contributed by atoms with Gasteiger partial charge in [-0.3, -0.25) is 4.79 Å². The van der Waals surface area contributed by atoms with Crippen molar-refractivity contribution in [1.82, 2.24) is 5.32 Å². The van der Waals surface area contributed by atoms with Crippen LogP contribution in [0.15, 0.2) is 47.6 Å². The van der Waals surface area contributed by atoms with Crippen molar-refractivity contribution in [2.45, 2.75) is 13.3 Å². The summed E-state index contributed by atoms with van der Waals surface area (Å²) in [4.78, 5) is 17.3. The molecule has 26 heavy (non-hydrogen) atoms. The molecule has 1 N–H and O–H groups in total. The number of carbonyl (C=O) groups is 1.